The van der Waals surface area contributed by atoms with Crippen LogP contribution >= 0.6 is 0 Å². The van der Waals surface area contributed by atoms with Crippen LogP contribution in [0.5, 0.6) is 0 Å². The molecule has 1 heterocycles. The number of nitrogens with zero attached hydrogens (tertiary/aromatic N) is 2. The van der Waals surface area contributed by atoms with E-state index in [4.69, 9.17) is 5.11 Å². The van der Waals surface area contributed by atoms with E-state index in [1.54, 1.807) is 13.8 Å². The van der Waals surface area contributed by atoms with Gasteiger partial charge in [-0.3, -0.25) is 9.59 Å². The lowest BCUT2D eigenvalue weighted by atomic mass is 10.0. The molecule has 0 radical (unpaired) electrons. The molecule has 0 unspecified atom stereocenters. The summed E-state index contributed by atoms with van der Waals surface area (Å²) in [7, 11) is 0. The number of carbonyl (C=O) groups excluding carboxylic acids is 1. The molecule has 7 nitrogen and oxygen atoms in total. The Bertz CT molecular complexity index is 967. The maximum Gasteiger partial charge on any atom is 0.418 e. The van der Waals surface area contributed by atoms with E-state index in [1.165, 1.54) is 19.1 Å². The van der Waals surface area contributed by atoms with E-state index in [-0.39, 0.29) is 11.4 Å². The number of hydrogen-bond donors (Lipinski definition) is 2. The Morgan fingerprint density at radius 1 is 1.21 bits per heavy atom. The number of benzene rings is 1. The van der Waals surface area contributed by atoms with Gasteiger partial charge in [-0.05, 0) is 25.0 Å². The standard InChI is InChI=1S/C18H18F3N3O4/c1-9(2)14(17(27)28)22-16(26)15-13(25)8-10(3)24(23-15)12-7-5-4-6-11(12)18(19,20)21/h4-9,14H,1-3H3,(H,22,26)(H,27,28)/t14-/m1/s1. The van der Waals surface area contributed by atoms with Gasteiger partial charge < -0.3 is 10.4 Å². The Hall–Kier alpha value is -3.17. The van der Waals surface area contributed by atoms with Gasteiger partial charge in [0.05, 0.1) is 11.3 Å². The van der Waals surface area contributed by atoms with Crippen molar-refractivity contribution in [1.82, 2.24) is 15.1 Å². The van der Waals surface area contributed by atoms with Crippen molar-refractivity contribution in [3.63, 3.8) is 0 Å². The first-order chi connectivity index (χ1) is 12.9. The fourth-order valence-corrected chi connectivity index (χ4v) is 2.57. The number of aromatic nitrogens is 2. The predicted octanol–water partition coefficient (Wildman–Crippen LogP) is 2.40. The smallest absolute Gasteiger partial charge is 0.418 e. The highest BCUT2D eigenvalue weighted by atomic mass is 19.4. The summed E-state index contributed by atoms with van der Waals surface area (Å²) in [5.74, 6) is -2.87. The van der Waals surface area contributed by atoms with E-state index in [1.807, 2.05) is 0 Å². The van der Waals surface area contributed by atoms with Crippen LogP contribution in [0.3, 0.4) is 0 Å². The van der Waals surface area contributed by atoms with Gasteiger partial charge in [0, 0.05) is 11.8 Å². The molecule has 0 aliphatic rings. The van der Waals surface area contributed by atoms with Gasteiger partial charge in [0.2, 0.25) is 5.43 Å². The molecule has 0 aliphatic heterocycles. The zero-order valence-corrected chi connectivity index (χ0v) is 15.2. The average molecular weight is 397 g/mol. The molecule has 0 spiro atoms. The number of hydrogen-bond acceptors (Lipinski definition) is 4. The van der Waals surface area contributed by atoms with E-state index < -0.39 is 46.7 Å². The molecule has 0 fully saturated rings. The molecular weight excluding hydrogens is 379 g/mol. The zero-order chi connectivity index (χ0) is 21.2. The lowest BCUT2D eigenvalue weighted by Gasteiger charge is -2.19. The van der Waals surface area contributed by atoms with Crippen LogP contribution in [0.2, 0.25) is 0 Å². The highest BCUT2D eigenvalue weighted by Crippen LogP contribution is 2.33. The molecule has 2 aromatic rings. The molecule has 1 atom stereocenters. The summed E-state index contributed by atoms with van der Waals surface area (Å²) in [6, 6.07) is 4.27. The van der Waals surface area contributed by atoms with Crippen molar-refractivity contribution < 1.29 is 27.9 Å². The van der Waals surface area contributed by atoms with Gasteiger partial charge >= 0.3 is 12.1 Å². The number of carbonyl (C=O) groups is 2. The normalized spacial score (nSPS) is 12.7. The summed E-state index contributed by atoms with van der Waals surface area (Å²) in [5, 5.41) is 15.1. The summed E-state index contributed by atoms with van der Waals surface area (Å²) in [6.07, 6.45) is -4.68. The number of nitrogens with one attached hydrogen (secondary N) is 1. The van der Waals surface area contributed by atoms with E-state index >= 15 is 0 Å². The minimum Gasteiger partial charge on any atom is -0.480 e. The minimum atomic E-state index is -4.68. The fourth-order valence-electron chi connectivity index (χ4n) is 2.57. The van der Waals surface area contributed by atoms with Gasteiger partial charge in [0.25, 0.3) is 5.91 Å². The Labute approximate surface area is 157 Å². The highest BCUT2D eigenvalue weighted by Gasteiger charge is 2.34. The third-order valence-electron chi connectivity index (χ3n) is 3.98. The first-order valence-corrected chi connectivity index (χ1v) is 8.24. The minimum absolute atomic E-state index is 0.0805. The number of alkyl halides is 3. The molecule has 1 aromatic heterocycles. The zero-order valence-electron chi connectivity index (χ0n) is 15.2. The van der Waals surface area contributed by atoms with E-state index in [2.05, 4.69) is 10.4 Å². The highest BCUT2D eigenvalue weighted by molar-refractivity contribution is 5.94. The molecular formula is C18H18F3N3O4. The van der Waals surface area contributed by atoms with Crippen LogP contribution in [0.15, 0.2) is 35.1 Å². The van der Waals surface area contributed by atoms with Gasteiger partial charge in [-0.25, -0.2) is 9.48 Å². The Morgan fingerprint density at radius 2 is 1.82 bits per heavy atom. The van der Waals surface area contributed by atoms with Crippen LogP contribution in [0, 0.1) is 12.8 Å². The molecule has 0 saturated carbocycles. The molecule has 1 aromatic carbocycles. The first-order valence-electron chi connectivity index (χ1n) is 8.24. The summed E-state index contributed by atoms with van der Waals surface area (Å²) in [5.41, 5.74) is -2.80. The third kappa shape index (κ3) is 4.38. The van der Waals surface area contributed by atoms with Crippen molar-refractivity contribution >= 4 is 11.9 Å². The number of amides is 1. The molecule has 28 heavy (non-hydrogen) atoms. The molecule has 1 amide bonds. The van der Waals surface area contributed by atoms with Gasteiger partial charge in [0.1, 0.15) is 6.04 Å². The predicted molar refractivity (Wildman–Crippen MR) is 93.3 cm³/mol. The topological polar surface area (TPSA) is 101 Å². The van der Waals surface area contributed by atoms with Crippen molar-refractivity contribution in [2.45, 2.75) is 33.0 Å². The number of halogens is 3. The lowest BCUT2D eigenvalue weighted by Crippen LogP contribution is -2.46. The molecule has 0 aliphatic carbocycles. The van der Waals surface area contributed by atoms with E-state index in [9.17, 15) is 27.6 Å². The summed E-state index contributed by atoms with van der Waals surface area (Å²) in [4.78, 5) is 35.8. The SMILES string of the molecule is Cc1cc(=O)c(C(=O)N[C@@H](C(=O)O)C(C)C)nn1-c1ccccc1C(F)(F)F. The van der Waals surface area contributed by atoms with Crippen molar-refractivity contribution in [2.75, 3.05) is 0 Å². The molecule has 2 N–H and O–H groups in total. The van der Waals surface area contributed by atoms with Gasteiger partial charge in [0.15, 0.2) is 5.69 Å². The first kappa shape index (κ1) is 21.1. The summed E-state index contributed by atoms with van der Waals surface area (Å²) >= 11 is 0. The van der Waals surface area contributed by atoms with Crippen molar-refractivity contribution in [3.8, 4) is 5.69 Å². The second-order valence-corrected chi connectivity index (χ2v) is 6.46. The Morgan fingerprint density at radius 3 is 2.36 bits per heavy atom. The van der Waals surface area contributed by atoms with Gasteiger partial charge in [-0.1, -0.05) is 26.0 Å². The maximum atomic E-state index is 13.3. The second kappa shape index (κ2) is 7.83. The molecule has 2 rings (SSSR count). The summed E-state index contributed by atoms with van der Waals surface area (Å²) < 4.78 is 40.8. The molecule has 150 valence electrons. The second-order valence-electron chi connectivity index (χ2n) is 6.46. The molecule has 10 heteroatoms. The van der Waals surface area contributed by atoms with Crippen LogP contribution in [-0.4, -0.2) is 32.8 Å². The number of carboxylic acid groups (broad SMARTS) is 1. The van der Waals surface area contributed by atoms with E-state index in [0.29, 0.717) is 0 Å². The monoisotopic (exact) mass is 397 g/mol. The quantitative estimate of drug-likeness (QED) is 0.807. The Kier molecular flexibility index (Phi) is 5.91. The average Bonchev–Trinajstić information content (AvgIpc) is 2.58. The van der Waals surface area contributed by atoms with Crippen molar-refractivity contribution in [3.05, 3.63) is 57.5 Å². The number of para-hydroxylation sites is 1. The van der Waals surface area contributed by atoms with Crippen LogP contribution in [-0.2, 0) is 11.0 Å². The van der Waals surface area contributed by atoms with Crippen LogP contribution < -0.4 is 10.7 Å². The lowest BCUT2D eigenvalue weighted by molar-refractivity contribution is -0.140. The van der Waals surface area contributed by atoms with E-state index in [0.717, 1.165) is 22.9 Å². The van der Waals surface area contributed by atoms with Crippen LogP contribution in [0.1, 0.15) is 35.6 Å². The third-order valence-corrected chi connectivity index (χ3v) is 3.98. The fraction of sp³-hybridized carbons (Fsp3) is 0.333. The van der Waals surface area contributed by atoms with Crippen molar-refractivity contribution in [1.29, 1.82) is 0 Å². The molecule has 0 bridgehead atoms. The Balaban J connectivity index is 2.57. The summed E-state index contributed by atoms with van der Waals surface area (Å²) in [6.45, 7) is 4.48. The largest absolute Gasteiger partial charge is 0.480 e. The maximum absolute atomic E-state index is 13.3. The number of carboxylic acids is 1. The van der Waals surface area contributed by atoms with Crippen LogP contribution in [0.4, 0.5) is 13.2 Å². The number of aryl methyl sites for hydroxylation is 1. The van der Waals surface area contributed by atoms with Crippen molar-refractivity contribution in [2.24, 2.45) is 5.92 Å². The van der Waals surface area contributed by atoms with Crippen LogP contribution in [0.25, 0.3) is 5.69 Å². The van der Waals surface area contributed by atoms with Gasteiger partial charge in [-0.2, -0.15) is 18.3 Å². The molecule has 0 saturated heterocycles. The number of rotatable bonds is 5. The van der Waals surface area contributed by atoms with Gasteiger partial charge in [-0.15, -0.1) is 0 Å². The number of aliphatic carboxylic acids is 1.